The van der Waals surface area contributed by atoms with Gasteiger partial charge >= 0.3 is 0 Å². The minimum Gasteiger partial charge on any atom is -0.357 e. The molecule has 1 rings (SSSR count). The standard InChI is InChI=1S/C14H26N4S.HI/c1-5-12(6-2)9-17-14(15-7-3)18-10-13-16-8-11(4)19-13;/h8,12H,5-7,9-10H2,1-4H3,(H2,15,17,18);1H. The van der Waals surface area contributed by atoms with Crippen LogP contribution in [0.5, 0.6) is 0 Å². The molecule has 0 spiro atoms. The Morgan fingerprint density at radius 1 is 1.30 bits per heavy atom. The zero-order valence-electron chi connectivity index (χ0n) is 12.9. The molecule has 0 radical (unpaired) electrons. The summed E-state index contributed by atoms with van der Waals surface area (Å²) < 4.78 is 0. The van der Waals surface area contributed by atoms with Crippen molar-refractivity contribution in [1.29, 1.82) is 0 Å². The van der Waals surface area contributed by atoms with Crippen LogP contribution in [-0.4, -0.2) is 24.0 Å². The quantitative estimate of drug-likeness (QED) is 0.411. The highest BCUT2D eigenvalue weighted by atomic mass is 127. The lowest BCUT2D eigenvalue weighted by Gasteiger charge is -2.16. The number of aromatic nitrogens is 1. The second-order valence-electron chi connectivity index (χ2n) is 4.62. The summed E-state index contributed by atoms with van der Waals surface area (Å²) in [5, 5.41) is 7.76. The fraction of sp³-hybridized carbons (Fsp3) is 0.714. The summed E-state index contributed by atoms with van der Waals surface area (Å²) in [7, 11) is 0. The molecule has 0 bridgehead atoms. The van der Waals surface area contributed by atoms with Crippen LogP contribution in [-0.2, 0) is 6.54 Å². The van der Waals surface area contributed by atoms with Crippen molar-refractivity contribution < 1.29 is 0 Å². The van der Waals surface area contributed by atoms with Crippen LogP contribution in [0.15, 0.2) is 11.2 Å². The molecule has 0 saturated heterocycles. The molecule has 116 valence electrons. The number of aryl methyl sites for hydroxylation is 1. The van der Waals surface area contributed by atoms with Gasteiger partial charge in [-0.05, 0) is 19.8 Å². The fourth-order valence-corrected chi connectivity index (χ4v) is 2.49. The second-order valence-corrected chi connectivity index (χ2v) is 5.94. The number of hydrogen-bond donors (Lipinski definition) is 2. The van der Waals surface area contributed by atoms with Crippen LogP contribution in [0.25, 0.3) is 0 Å². The summed E-state index contributed by atoms with van der Waals surface area (Å²) in [6, 6.07) is 0. The van der Waals surface area contributed by atoms with Crippen LogP contribution in [0.1, 0.15) is 43.5 Å². The lowest BCUT2D eigenvalue weighted by atomic mass is 10.0. The molecule has 20 heavy (non-hydrogen) atoms. The third-order valence-corrected chi connectivity index (χ3v) is 4.00. The van der Waals surface area contributed by atoms with Crippen molar-refractivity contribution in [3.63, 3.8) is 0 Å². The first-order valence-corrected chi connectivity index (χ1v) is 7.94. The number of nitrogens with one attached hydrogen (secondary N) is 2. The second kappa shape index (κ2) is 11.3. The topological polar surface area (TPSA) is 49.3 Å². The van der Waals surface area contributed by atoms with Crippen LogP contribution in [0.2, 0.25) is 0 Å². The summed E-state index contributed by atoms with van der Waals surface area (Å²) in [6.07, 6.45) is 4.31. The lowest BCUT2D eigenvalue weighted by Crippen LogP contribution is -2.39. The lowest BCUT2D eigenvalue weighted by molar-refractivity contribution is 0.481. The van der Waals surface area contributed by atoms with E-state index in [9.17, 15) is 0 Å². The molecule has 2 N–H and O–H groups in total. The first-order chi connectivity index (χ1) is 9.19. The van der Waals surface area contributed by atoms with Gasteiger partial charge in [-0.3, -0.25) is 0 Å². The Morgan fingerprint density at radius 3 is 2.50 bits per heavy atom. The van der Waals surface area contributed by atoms with Crippen LogP contribution in [0.3, 0.4) is 0 Å². The minimum atomic E-state index is 0. The predicted octanol–water partition coefficient (Wildman–Crippen LogP) is 3.56. The van der Waals surface area contributed by atoms with Gasteiger partial charge in [0.05, 0.1) is 6.54 Å². The predicted molar refractivity (Wildman–Crippen MR) is 99.2 cm³/mol. The molecular weight excluding hydrogens is 383 g/mol. The number of rotatable bonds is 7. The molecule has 0 amide bonds. The molecule has 0 unspecified atom stereocenters. The van der Waals surface area contributed by atoms with E-state index in [1.165, 1.54) is 17.7 Å². The van der Waals surface area contributed by atoms with Gasteiger partial charge < -0.3 is 10.6 Å². The highest BCUT2D eigenvalue weighted by Gasteiger charge is 2.05. The summed E-state index contributed by atoms with van der Waals surface area (Å²) in [5.74, 6) is 1.60. The largest absolute Gasteiger partial charge is 0.357 e. The van der Waals surface area contributed by atoms with E-state index in [2.05, 4.69) is 48.3 Å². The van der Waals surface area contributed by atoms with E-state index in [4.69, 9.17) is 0 Å². The van der Waals surface area contributed by atoms with E-state index < -0.39 is 0 Å². The third-order valence-electron chi connectivity index (χ3n) is 3.10. The molecule has 0 saturated carbocycles. The van der Waals surface area contributed by atoms with E-state index in [-0.39, 0.29) is 24.0 Å². The molecular formula is C14H27IN4S. The van der Waals surface area contributed by atoms with Gasteiger partial charge in [-0.25, -0.2) is 9.98 Å². The van der Waals surface area contributed by atoms with Crippen molar-refractivity contribution in [1.82, 2.24) is 15.6 Å². The molecule has 0 aromatic carbocycles. The van der Waals surface area contributed by atoms with E-state index in [0.29, 0.717) is 12.5 Å². The number of hydrogen-bond acceptors (Lipinski definition) is 3. The molecule has 0 atom stereocenters. The van der Waals surface area contributed by atoms with Crippen molar-refractivity contribution in [2.45, 2.75) is 47.1 Å². The smallest absolute Gasteiger partial charge is 0.191 e. The molecule has 4 nitrogen and oxygen atoms in total. The SMILES string of the molecule is CCNC(=NCc1ncc(C)s1)NCC(CC)CC.I. The van der Waals surface area contributed by atoms with E-state index in [0.717, 1.165) is 24.1 Å². The van der Waals surface area contributed by atoms with Crippen LogP contribution < -0.4 is 10.6 Å². The van der Waals surface area contributed by atoms with Gasteiger partial charge in [-0.1, -0.05) is 26.7 Å². The molecule has 0 aliphatic heterocycles. The Labute approximate surface area is 143 Å². The number of halogens is 1. The van der Waals surface area contributed by atoms with Gasteiger partial charge in [-0.15, -0.1) is 35.3 Å². The highest BCUT2D eigenvalue weighted by molar-refractivity contribution is 14.0. The Balaban J connectivity index is 0.00000361. The summed E-state index contributed by atoms with van der Waals surface area (Å²) in [5.41, 5.74) is 0. The van der Waals surface area contributed by atoms with Crippen molar-refractivity contribution in [3.8, 4) is 0 Å². The summed E-state index contributed by atoms with van der Waals surface area (Å²) in [4.78, 5) is 10.1. The number of guanidine groups is 1. The third kappa shape index (κ3) is 7.42. The van der Waals surface area contributed by atoms with Crippen LogP contribution in [0, 0.1) is 12.8 Å². The fourth-order valence-electron chi connectivity index (χ4n) is 1.78. The monoisotopic (exact) mass is 410 g/mol. The van der Waals surface area contributed by atoms with Crippen molar-refractivity contribution in [2.24, 2.45) is 10.9 Å². The minimum absolute atomic E-state index is 0. The summed E-state index contributed by atoms with van der Waals surface area (Å²) >= 11 is 1.71. The first kappa shape index (κ1) is 19.6. The van der Waals surface area contributed by atoms with Gasteiger partial charge in [-0.2, -0.15) is 0 Å². The molecule has 1 aromatic heterocycles. The van der Waals surface area contributed by atoms with E-state index >= 15 is 0 Å². The highest BCUT2D eigenvalue weighted by Crippen LogP contribution is 2.11. The molecule has 0 aliphatic rings. The molecule has 6 heteroatoms. The maximum atomic E-state index is 4.58. The zero-order valence-corrected chi connectivity index (χ0v) is 16.0. The Morgan fingerprint density at radius 2 is 2.00 bits per heavy atom. The van der Waals surface area contributed by atoms with E-state index in [1.54, 1.807) is 11.3 Å². The van der Waals surface area contributed by atoms with Gasteiger partial charge in [0.1, 0.15) is 5.01 Å². The maximum absolute atomic E-state index is 4.58. The Kier molecular flexibility index (Phi) is 11.1. The normalized spacial score (nSPS) is 11.3. The van der Waals surface area contributed by atoms with Gasteiger partial charge in [0.2, 0.25) is 0 Å². The van der Waals surface area contributed by atoms with Crippen LogP contribution in [0.4, 0.5) is 0 Å². The number of nitrogens with zero attached hydrogens (tertiary/aromatic N) is 2. The molecule has 0 aliphatic carbocycles. The zero-order chi connectivity index (χ0) is 14.1. The van der Waals surface area contributed by atoms with Crippen LogP contribution >= 0.6 is 35.3 Å². The van der Waals surface area contributed by atoms with Crippen molar-refractivity contribution >= 4 is 41.3 Å². The Bertz CT molecular complexity index is 388. The van der Waals surface area contributed by atoms with E-state index in [1.807, 2.05) is 6.20 Å². The average Bonchev–Trinajstić information content (AvgIpc) is 2.82. The molecule has 1 aromatic rings. The average molecular weight is 410 g/mol. The van der Waals surface area contributed by atoms with Gasteiger partial charge in [0, 0.05) is 24.2 Å². The number of aliphatic imine (C=N–C) groups is 1. The molecule has 1 heterocycles. The summed E-state index contributed by atoms with van der Waals surface area (Å²) in [6.45, 7) is 11.1. The maximum Gasteiger partial charge on any atom is 0.191 e. The van der Waals surface area contributed by atoms with Crippen molar-refractivity contribution in [2.75, 3.05) is 13.1 Å². The number of thiazole rings is 1. The van der Waals surface area contributed by atoms with Gasteiger partial charge in [0.25, 0.3) is 0 Å². The first-order valence-electron chi connectivity index (χ1n) is 7.13. The van der Waals surface area contributed by atoms with Gasteiger partial charge in [0.15, 0.2) is 5.96 Å². The van der Waals surface area contributed by atoms with Crippen molar-refractivity contribution in [3.05, 3.63) is 16.1 Å². The molecule has 0 fully saturated rings. The Hall–Kier alpha value is -0.370.